The molecule has 90 valence electrons. The first-order chi connectivity index (χ1) is 8.19. The van der Waals surface area contributed by atoms with Crippen LogP contribution in [0.15, 0.2) is 24.3 Å². The van der Waals surface area contributed by atoms with Crippen LogP contribution in [0.25, 0.3) is 0 Å². The summed E-state index contributed by atoms with van der Waals surface area (Å²) in [5.41, 5.74) is 0. The second kappa shape index (κ2) is 5.19. The first-order valence-electron chi connectivity index (χ1n) is 5.54. The van der Waals surface area contributed by atoms with Crippen LogP contribution in [0.2, 0.25) is 5.02 Å². The predicted octanol–water partition coefficient (Wildman–Crippen LogP) is 3.44. The average molecular weight is 252 g/mol. The zero-order valence-electron chi connectivity index (χ0n) is 9.85. The predicted molar refractivity (Wildman–Crippen MR) is 66.6 cm³/mol. The highest BCUT2D eigenvalue weighted by Gasteiger charge is 2.09. The molecule has 1 heterocycles. The first kappa shape index (κ1) is 11.9. The molecule has 0 atom stereocenters. The Morgan fingerprint density at radius 3 is 2.94 bits per heavy atom. The molecular weight excluding hydrogens is 238 g/mol. The number of ether oxygens (including phenoxy) is 1. The summed E-state index contributed by atoms with van der Waals surface area (Å²) in [4.78, 5) is 4.24. The van der Waals surface area contributed by atoms with E-state index in [1.165, 1.54) is 0 Å². The fourth-order valence-electron chi connectivity index (χ4n) is 1.50. The van der Waals surface area contributed by atoms with Gasteiger partial charge in [-0.25, -0.2) is 4.68 Å². The van der Waals surface area contributed by atoms with E-state index in [-0.39, 0.29) is 0 Å². The van der Waals surface area contributed by atoms with E-state index in [2.05, 4.69) is 17.0 Å². The number of aryl methyl sites for hydroxylation is 2. The zero-order chi connectivity index (χ0) is 12.3. The van der Waals surface area contributed by atoms with Crippen molar-refractivity contribution in [1.29, 1.82) is 0 Å². The van der Waals surface area contributed by atoms with Crippen molar-refractivity contribution in [2.24, 2.45) is 0 Å². The molecule has 0 fully saturated rings. The van der Waals surface area contributed by atoms with Gasteiger partial charge in [0.2, 0.25) is 0 Å². The van der Waals surface area contributed by atoms with Gasteiger partial charge in [-0.15, -0.1) is 0 Å². The summed E-state index contributed by atoms with van der Waals surface area (Å²) in [5, 5.41) is 4.91. The standard InChI is InChI=1S/C12H14ClN3O/c1-3-7-16-12(14-9(2)15-16)17-11-6-4-5-10(13)8-11/h4-6,8H,3,7H2,1-2H3. The number of halogens is 1. The van der Waals surface area contributed by atoms with Gasteiger partial charge in [0.1, 0.15) is 5.75 Å². The fraction of sp³-hybridized carbons (Fsp3) is 0.333. The van der Waals surface area contributed by atoms with Crippen molar-refractivity contribution in [1.82, 2.24) is 14.8 Å². The molecule has 17 heavy (non-hydrogen) atoms. The van der Waals surface area contributed by atoms with Crippen LogP contribution in [0.5, 0.6) is 11.8 Å². The molecule has 0 amide bonds. The minimum Gasteiger partial charge on any atom is -0.424 e. The summed E-state index contributed by atoms with van der Waals surface area (Å²) in [7, 11) is 0. The van der Waals surface area contributed by atoms with Crippen molar-refractivity contribution in [3.05, 3.63) is 35.1 Å². The minimum absolute atomic E-state index is 0.506. The second-order valence-electron chi connectivity index (χ2n) is 3.72. The number of benzene rings is 1. The molecule has 1 aromatic carbocycles. The van der Waals surface area contributed by atoms with Gasteiger partial charge in [-0.2, -0.15) is 10.1 Å². The Labute approximate surface area is 105 Å². The molecule has 0 spiro atoms. The minimum atomic E-state index is 0.506. The van der Waals surface area contributed by atoms with Gasteiger partial charge in [0.15, 0.2) is 5.82 Å². The molecule has 0 aliphatic heterocycles. The summed E-state index contributed by atoms with van der Waals surface area (Å²) >= 11 is 5.89. The molecule has 2 aromatic rings. The third-order valence-electron chi connectivity index (χ3n) is 2.18. The van der Waals surface area contributed by atoms with E-state index in [0.717, 1.165) is 13.0 Å². The number of rotatable bonds is 4. The molecule has 0 saturated heterocycles. The highest BCUT2D eigenvalue weighted by molar-refractivity contribution is 6.30. The van der Waals surface area contributed by atoms with Gasteiger partial charge >= 0.3 is 6.01 Å². The van der Waals surface area contributed by atoms with Crippen LogP contribution in [0.1, 0.15) is 19.2 Å². The monoisotopic (exact) mass is 251 g/mol. The number of aromatic nitrogens is 3. The van der Waals surface area contributed by atoms with E-state index in [9.17, 15) is 0 Å². The lowest BCUT2D eigenvalue weighted by atomic mass is 10.3. The smallest absolute Gasteiger partial charge is 0.320 e. The Hall–Kier alpha value is -1.55. The number of hydrogen-bond acceptors (Lipinski definition) is 3. The third-order valence-corrected chi connectivity index (χ3v) is 2.42. The maximum Gasteiger partial charge on any atom is 0.320 e. The van der Waals surface area contributed by atoms with Gasteiger partial charge in [-0.3, -0.25) is 0 Å². The molecule has 4 nitrogen and oxygen atoms in total. The van der Waals surface area contributed by atoms with Gasteiger partial charge < -0.3 is 4.74 Å². The van der Waals surface area contributed by atoms with Gasteiger partial charge in [-0.1, -0.05) is 24.6 Å². The van der Waals surface area contributed by atoms with Crippen molar-refractivity contribution in [2.75, 3.05) is 0 Å². The van der Waals surface area contributed by atoms with Crippen LogP contribution >= 0.6 is 11.6 Å². The largest absolute Gasteiger partial charge is 0.424 e. The molecule has 2 rings (SSSR count). The first-order valence-corrected chi connectivity index (χ1v) is 5.91. The molecule has 0 N–H and O–H groups in total. The lowest BCUT2D eigenvalue weighted by molar-refractivity contribution is 0.395. The molecule has 0 aliphatic rings. The maximum absolute atomic E-state index is 5.89. The molecule has 0 bridgehead atoms. The maximum atomic E-state index is 5.89. The summed E-state index contributed by atoms with van der Waals surface area (Å²) in [6.45, 7) is 4.72. The number of hydrogen-bond donors (Lipinski definition) is 0. The molecule has 0 radical (unpaired) electrons. The van der Waals surface area contributed by atoms with Crippen molar-refractivity contribution < 1.29 is 4.74 Å². The summed E-state index contributed by atoms with van der Waals surface area (Å²) < 4.78 is 7.43. The van der Waals surface area contributed by atoms with Gasteiger partial charge in [0, 0.05) is 11.6 Å². The summed E-state index contributed by atoms with van der Waals surface area (Å²) in [6, 6.07) is 7.74. The Morgan fingerprint density at radius 1 is 1.41 bits per heavy atom. The Kier molecular flexibility index (Phi) is 3.64. The van der Waals surface area contributed by atoms with Gasteiger partial charge in [0.05, 0.1) is 0 Å². The third kappa shape index (κ3) is 2.97. The van der Waals surface area contributed by atoms with Crippen LogP contribution in [-0.4, -0.2) is 14.8 Å². The zero-order valence-corrected chi connectivity index (χ0v) is 10.6. The van der Waals surface area contributed by atoms with Crippen LogP contribution in [0.3, 0.4) is 0 Å². The number of nitrogens with zero attached hydrogens (tertiary/aromatic N) is 3. The molecule has 0 aliphatic carbocycles. The summed E-state index contributed by atoms with van der Waals surface area (Å²) in [6.07, 6.45) is 0.981. The van der Waals surface area contributed by atoms with E-state index in [1.54, 1.807) is 16.8 Å². The van der Waals surface area contributed by atoms with E-state index in [4.69, 9.17) is 16.3 Å². The van der Waals surface area contributed by atoms with E-state index < -0.39 is 0 Å². The van der Waals surface area contributed by atoms with E-state index in [0.29, 0.717) is 22.6 Å². The van der Waals surface area contributed by atoms with Crippen LogP contribution < -0.4 is 4.74 Å². The quantitative estimate of drug-likeness (QED) is 0.836. The fourth-order valence-corrected chi connectivity index (χ4v) is 1.69. The van der Waals surface area contributed by atoms with Crippen molar-refractivity contribution in [3.8, 4) is 11.8 Å². The molecule has 0 unspecified atom stereocenters. The van der Waals surface area contributed by atoms with Crippen molar-refractivity contribution in [2.45, 2.75) is 26.8 Å². The SMILES string of the molecule is CCCn1nc(C)nc1Oc1cccc(Cl)c1. The normalized spacial score (nSPS) is 10.5. The Bertz CT molecular complexity index is 510. The van der Waals surface area contributed by atoms with Gasteiger partial charge in [0.25, 0.3) is 0 Å². The lowest BCUT2D eigenvalue weighted by Crippen LogP contribution is -2.02. The van der Waals surface area contributed by atoms with Crippen molar-refractivity contribution >= 4 is 11.6 Å². The lowest BCUT2D eigenvalue weighted by Gasteiger charge is -2.06. The Morgan fingerprint density at radius 2 is 2.24 bits per heavy atom. The van der Waals surface area contributed by atoms with Crippen LogP contribution in [0, 0.1) is 6.92 Å². The Balaban J connectivity index is 2.23. The molecular formula is C12H14ClN3O. The van der Waals surface area contributed by atoms with E-state index in [1.807, 2.05) is 19.1 Å². The molecule has 1 aromatic heterocycles. The average Bonchev–Trinajstić information content (AvgIpc) is 2.59. The van der Waals surface area contributed by atoms with E-state index >= 15 is 0 Å². The molecule has 5 heteroatoms. The second-order valence-corrected chi connectivity index (χ2v) is 4.16. The van der Waals surface area contributed by atoms with Crippen LogP contribution in [0.4, 0.5) is 0 Å². The highest BCUT2D eigenvalue weighted by atomic mass is 35.5. The summed E-state index contributed by atoms with van der Waals surface area (Å²) in [5.74, 6) is 1.37. The van der Waals surface area contributed by atoms with Gasteiger partial charge in [-0.05, 0) is 31.5 Å². The molecule has 0 saturated carbocycles. The topological polar surface area (TPSA) is 39.9 Å². The highest BCUT2D eigenvalue weighted by Crippen LogP contribution is 2.22. The van der Waals surface area contributed by atoms with Crippen molar-refractivity contribution in [3.63, 3.8) is 0 Å². The van der Waals surface area contributed by atoms with Crippen LogP contribution in [-0.2, 0) is 6.54 Å².